The molecule has 0 spiro atoms. The highest BCUT2D eigenvalue weighted by molar-refractivity contribution is 5.37. The third kappa shape index (κ3) is 2.07. The molecule has 0 unspecified atom stereocenters. The van der Waals surface area contributed by atoms with Crippen LogP contribution in [-0.4, -0.2) is 41.1 Å². The molecule has 0 aromatic carbocycles. The molecule has 1 aliphatic carbocycles. The molecule has 0 bridgehead atoms. The molecule has 5 heteroatoms. The van der Waals surface area contributed by atoms with E-state index in [1.54, 1.807) is 7.11 Å². The zero-order valence-electron chi connectivity index (χ0n) is 10.1. The lowest BCUT2D eigenvalue weighted by Crippen LogP contribution is -2.28. The van der Waals surface area contributed by atoms with E-state index in [9.17, 15) is 0 Å². The largest absolute Gasteiger partial charge is 0.481 e. The second-order valence-corrected chi connectivity index (χ2v) is 4.78. The first-order valence-electron chi connectivity index (χ1n) is 6.21. The average molecular weight is 234 g/mol. The van der Waals surface area contributed by atoms with Crippen LogP contribution >= 0.6 is 0 Å². The molecule has 1 aliphatic heterocycles. The standard InChI is InChI=1S/C12H18N4O/c1-17-11-9-4-6-16(8-2-3-8)7-5-10(9)14-12(13)15-11/h8H,2-7H2,1H3,(H2,13,14,15). The summed E-state index contributed by atoms with van der Waals surface area (Å²) in [5, 5.41) is 0. The molecule has 1 aromatic rings. The molecule has 0 atom stereocenters. The summed E-state index contributed by atoms with van der Waals surface area (Å²) in [5.41, 5.74) is 7.91. The maximum Gasteiger partial charge on any atom is 0.223 e. The highest BCUT2D eigenvalue weighted by Gasteiger charge is 2.31. The van der Waals surface area contributed by atoms with Gasteiger partial charge >= 0.3 is 0 Å². The molecule has 2 heterocycles. The summed E-state index contributed by atoms with van der Waals surface area (Å²) in [5.74, 6) is 0.977. The second-order valence-electron chi connectivity index (χ2n) is 4.78. The first kappa shape index (κ1) is 10.8. The summed E-state index contributed by atoms with van der Waals surface area (Å²) in [4.78, 5) is 11.1. The number of fused-ring (bicyclic) bond motifs is 1. The van der Waals surface area contributed by atoms with Gasteiger partial charge in [0.15, 0.2) is 0 Å². The van der Waals surface area contributed by atoms with Gasteiger partial charge in [-0.1, -0.05) is 0 Å². The number of hydrogen-bond acceptors (Lipinski definition) is 5. The number of rotatable bonds is 2. The van der Waals surface area contributed by atoms with Gasteiger partial charge in [-0.05, 0) is 19.3 Å². The summed E-state index contributed by atoms with van der Waals surface area (Å²) < 4.78 is 5.31. The van der Waals surface area contributed by atoms with Crippen LogP contribution in [-0.2, 0) is 12.8 Å². The number of methoxy groups -OCH3 is 1. The summed E-state index contributed by atoms with van der Waals surface area (Å²) in [6.07, 6.45) is 4.62. The molecule has 2 aliphatic rings. The van der Waals surface area contributed by atoms with Crippen molar-refractivity contribution < 1.29 is 4.74 Å². The molecule has 1 saturated carbocycles. The lowest BCUT2D eigenvalue weighted by Gasteiger charge is -2.18. The lowest BCUT2D eigenvalue weighted by molar-refractivity contribution is 0.276. The monoisotopic (exact) mass is 234 g/mol. The zero-order valence-corrected chi connectivity index (χ0v) is 10.1. The predicted molar refractivity (Wildman–Crippen MR) is 65.0 cm³/mol. The molecule has 5 nitrogen and oxygen atoms in total. The number of aromatic nitrogens is 2. The van der Waals surface area contributed by atoms with Crippen molar-refractivity contribution in [3.05, 3.63) is 11.3 Å². The van der Waals surface area contributed by atoms with E-state index in [1.165, 1.54) is 12.8 Å². The van der Waals surface area contributed by atoms with Crippen LogP contribution in [0.15, 0.2) is 0 Å². The molecule has 2 N–H and O–H groups in total. The van der Waals surface area contributed by atoms with Crippen molar-refractivity contribution in [3.63, 3.8) is 0 Å². The van der Waals surface area contributed by atoms with Crippen molar-refractivity contribution in [2.75, 3.05) is 25.9 Å². The van der Waals surface area contributed by atoms with Crippen LogP contribution in [0.2, 0.25) is 0 Å². The van der Waals surface area contributed by atoms with Crippen LogP contribution < -0.4 is 10.5 Å². The van der Waals surface area contributed by atoms with Gasteiger partial charge in [0.1, 0.15) is 0 Å². The molecule has 1 fully saturated rings. The van der Waals surface area contributed by atoms with Crippen LogP contribution in [0.25, 0.3) is 0 Å². The SMILES string of the molecule is COc1nc(N)nc2c1CCN(C1CC1)CC2. The Hall–Kier alpha value is -1.36. The van der Waals surface area contributed by atoms with Gasteiger partial charge in [0.2, 0.25) is 11.8 Å². The predicted octanol–water partition coefficient (Wildman–Crippen LogP) is 0.630. The quantitative estimate of drug-likeness (QED) is 0.813. The number of ether oxygens (including phenoxy) is 1. The summed E-state index contributed by atoms with van der Waals surface area (Å²) >= 11 is 0. The third-order valence-corrected chi connectivity index (χ3v) is 3.61. The minimum Gasteiger partial charge on any atom is -0.481 e. The molecule has 92 valence electrons. The molecular weight excluding hydrogens is 216 g/mol. The summed E-state index contributed by atoms with van der Waals surface area (Å²) in [6.45, 7) is 2.17. The third-order valence-electron chi connectivity index (χ3n) is 3.61. The number of nitrogens with two attached hydrogens (primary N) is 1. The Morgan fingerprint density at radius 2 is 2.00 bits per heavy atom. The highest BCUT2D eigenvalue weighted by Crippen LogP contribution is 2.30. The van der Waals surface area contributed by atoms with Crippen LogP contribution in [0.3, 0.4) is 0 Å². The Morgan fingerprint density at radius 1 is 1.24 bits per heavy atom. The van der Waals surface area contributed by atoms with Crippen molar-refractivity contribution in [2.24, 2.45) is 0 Å². The van der Waals surface area contributed by atoms with Gasteiger partial charge in [0, 0.05) is 31.1 Å². The summed E-state index contributed by atoms with van der Waals surface area (Å²) in [6, 6.07) is 0.806. The van der Waals surface area contributed by atoms with Gasteiger partial charge in [-0.3, -0.25) is 4.90 Å². The number of nitrogen functional groups attached to an aromatic ring is 1. The van der Waals surface area contributed by atoms with Gasteiger partial charge in [0.25, 0.3) is 0 Å². The van der Waals surface area contributed by atoms with E-state index in [1.807, 2.05) is 0 Å². The van der Waals surface area contributed by atoms with Crippen molar-refractivity contribution in [1.82, 2.24) is 14.9 Å². The van der Waals surface area contributed by atoms with E-state index < -0.39 is 0 Å². The van der Waals surface area contributed by atoms with Gasteiger partial charge in [-0.15, -0.1) is 0 Å². The summed E-state index contributed by atoms with van der Waals surface area (Å²) in [7, 11) is 1.64. The average Bonchev–Trinajstić information content (AvgIpc) is 3.12. The molecular formula is C12H18N4O. The molecule has 17 heavy (non-hydrogen) atoms. The topological polar surface area (TPSA) is 64.3 Å². The zero-order chi connectivity index (χ0) is 11.8. The van der Waals surface area contributed by atoms with Gasteiger partial charge in [0.05, 0.1) is 12.8 Å². The van der Waals surface area contributed by atoms with Crippen LogP contribution in [0.1, 0.15) is 24.1 Å². The van der Waals surface area contributed by atoms with E-state index in [0.29, 0.717) is 11.8 Å². The minimum absolute atomic E-state index is 0.320. The van der Waals surface area contributed by atoms with Crippen LogP contribution in [0, 0.1) is 0 Å². The Labute approximate surface area is 101 Å². The van der Waals surface area contributed by atoms with Crippen molar-refractivity contribution in [1.29, 1.82) is 0 Å². The van der Waals surface area contributed by atoms with Gasteiger partial charge < -0.3 is 10.5 Å². The molecule has 0 radical (unpaired) electrons. The van der Waals surface area contributed by atoms with Crippen LogP contribution in [0.4, 0.5) is 5.95 Å². The van der Waals surface area contributed by atoms with Crippen molar-refractivity contribution in [2.45, 2.75) is 31.7 Å². The highest BCUT2D eigenvalue weighted by atomic mass is 16.5. The second kappa shape index (κ2) is 4.14. The number of hydrogen-bond donors (Lipinski definition) is 1. The van der Waals surface area contributed by atoms with Crippen molar-refractivity contribution in [3.8, 4) is 5.88 Å². The van der Waals surface area contributed by atoms with Gasteiger partial charge in [-0.25, -0.2) is 4.98 Å². The number of anilines is 1. The fraction of sp³-hybridized carbons (Fsp3) is 0.667. The lowest BCUT2D eigenvalue weighted by atomic mass is 10.1. The molecule has 0 amide bonds. The number of nitrogens with zero attached hydrogens (tertiary/aromatic N) is 3. The first-order valence-corrected chi connectivity index (χ1v) is 6.21. The fourth-order valence-corrected chi connectivity index (χ4v) is 2.57. The smallest absolute Gasteiger partial charge is 0.223 e. The Balaban J connectivity index is 1.88. The first-order chi connectivity index (χ1) is 8.28. The van der Waals surface area contributed by atoms with E-state index >= 15 is 0 Å². The Kier molecular flexibility index (Phi) is 2.63. The maximum atomic E-state index is 5.70. The van der Waals surface area contributed by atoms with Crippen LogP contribution in [0.5, 0.6) is 5.88 Å². The normalized spacial score (nSPS) is 20.8. The molecule has 0 saturated heterocycles. The van der Waals surface area contributed by atoms with E-state index in [-0.39, 0.29) is 0 Å². The van der Waals surface area contributed by atoms with E-state index in [4.69, 9.17) is 10.5 Å². The molecule has 1 aromatic heterocycles. The maximum absolute atomic E-state index is 5.70. The van der Waals surface area contributed by atoms with E-state index in [2.05, 4.69) is 14.9 Å². The minimum atomic E-state index is 0.320. The molecule has 3 rings (SSSR count). The Bertz CT molecular complexity index is 431. The van der Waals surface area contributed by atoms with Crippen molar-refractivity contribution >= 4 is 5.95 Å². The van der Waals surface area contributed by atoms with Gasteiger partial charge in [-0.2, -0.15) is 4.98 Å². The Morgan fingerprint density at radius 3 is 2.71 bits per heavy atom. The van der Waals surface area contributed by atoms with E-state index in [0.717, 1.165) is 43.2 Å². The fourth-order valence-electron chi connectivity index (χ4n) is 2.57.